The molecule has 2 aromatic carbocycles. The minimum Gasteiger partial charge on any atom is -0.245 e. The molecule has 0 bridgehead atoms. The zero-order chi connectivity index (χ0) is 11.0. The molecule has 1 aromatic heterocycles. The van der Waals surface area contributed by atoms with Crippen molar-refractivity contribution in [1.29, 1.82) is 0 Å². The third-order valence-electron chi connectivity index (χ3n) is 2.52. The SMILES string of the molecule is Clc1ccccc1-c1ccc2scnc2c1. The normalized spacial score (nSPS) is 10.8. The van der Waals surface area contributed by atoms with Crippen LogP contribution in [0.25, 0.3) is 21.3 Å². The van der Waals surface area contributed by atoms with Gasteiger partial charge in [0.1, 0.15) is 0 Å². The van der Waals surface area contributed by atoms with Gasteiger partial charge in [0.2, 0.25) is 0 Å². The minimum absolute atomic E-state index is 0.775. The third-order valence-corrected chi connectivity index (χ3v) is 3.65. The molecule has 0 radical (unpaired) electrons. The van der Waals surface area contributed by atoms with Crippen LogP contribution in [0.2, 0.25) is 5.02 Å². The monoisotopic (exact) mass is 245 g/mol. The van der Waals surface area contributed by atoms with Crippen LogP contribution in [0, 0.1) is 0 Å². The Bertz CT molecular complexity index is 645. The molecule has 0 unspecified atom stereocenters. The molecule has 0 saturated heterocycles. The van der Waals surface area contributed by atoms with Crippen LogP contribution >= 0.6 is 22.9 Å². The zero-order valence-electron chi connectivity index (χ0n) is 8.35. The zero-order valence-corrected chi connectivity index (χ0v) is 9.92. The summed E-state index contributed by atoms with van der Waals surface area (Å²) < 4.78 is 1.20. The number of rotatable bonds is 1. The van der Waals surface area contributed by atoms with Crippen molar-refractivity contribution in [2.24, 2.45) is 0 Å². The Labute approximate surface area is 102 Å². The standard InChI is InChI=1S/C13H8ClNS/c14-11-4-2-1-3-10(11)9-5-6-13-12(7-9)15-8-16-13/h1-8H. The molecule has 0 fully saturated rings. The number of hydrogen-bond acceptors (Lipinski definition) is 2. The molecule has 16 heavy (non-hydrogen) atoms. The van der Waals surface area contributed by atoms with Gasteiger partial charge < -0.3 is 0 Å². The fourth-order valence-electron chi connectivity index (χ4n) is 1.72. The van der Waals surface area contributed by atoms with Gasteiger partial charge in [-0.25, -0.2) is 4.98 Å². The lowest BCUT2D eigenvalue weighted by Gasteiger charge is -2.03. The van der Waals surface area contributed by atoms with Gasteiger partial charge in [0.05, 0.1) is 15.7 Å². The van der Waals surface area contributed by atoms with Crippen molar-refractivity contribution in [3.8, 4) is 11.1 Å². The summed E-state index contributed by atoms with van der Waals surface area (Å²) >= 11 is 7.82. The van der Waals surface area contributed by atoms with Crippen LogP contribution in [0.3, 0.4) is 0 Å². The fraction of sp³-hybridized carbons (Fsp3) is 0. The number of thiazole rings is 1. The van der Waals surface area contributed by atoms with Gasteiger partial charge in [0.15, 0.2) is 0 Å². The van der Waals surface area contributed by atoms with Crippen molar-refractivity contribution in [2.45, 2.75) is 0 Å². The Morgan fingerprint density at radius 3 is 2.81 bits per heavy atom. The number of nitrogens with zero attached hydrogens (tertiary/aromatic N) is 1. The molecule has 1 nitrogen and oxygen atoms in total. The lowest BCUT2D eigenvalue weighted by atomic mass is 10.1. The molecule has 78 valence electrons. The van der Waals surface area contributed by atoms with Gasteiger partial charge in [-0.2, -0.15) is 0 Å². The maximum absolute atomic E-state index is 6.17. The number of halogens is 1. The van der Waals surface area contributed by atoms with Gasteiger partial charge in [0.25, 0.3) is 0 Å². The second kappa shape index (κ2) is 3.89. The number of fused-ring (bicyclic) bond motifs is 1. The van der Waals surface area contributed by atoms with Crippen molar-refractivity contribution in [3.63, 3.8) is 0 Å². The molecule has 0 atom stereocenters. The summed E-state index contributed by atoms with van der Waals surface area (Å²) in [5, 5.41) is 0.775. The first kappa shape index (κ1) is 9.82. The Morgan fingerprint density at radius 2 is 1.94 bits per heavy atom. The van der Waals surface area contributed by atoms with Crippen LogP contribution in [0.15, 0.2) is 48.0 Å². The molecule has 0 amide bonds. The van der Waals surface area contributed by atoms with Gasteiger partial charge in [-0.3, -0.25) is 0 Å². The lowest BCUT2D eigenvalue weighted by Crippen LogP contribution is -1.79. The van der Waals surface area contributed by atoms with E-state index in [0.29, 0.717) is 0 Å². The minimum atomic E-state index is 0.775. The molecule has 0 aliphatic carbocycles. The molecular formula is C13H8ClNS. The number of benzene rings is 2. The maximum atomic E-state index is 6.17. The summed E-state index contributed by atoms with van der Waals surface area (Å²) in [4.78, 5) is 4.31. The van der Waals surface area contributed by atoms with E-state index in [1.54, 1.807) is 11.3 Å². The first-order chi connectivity index (χ1) is 7.84. The van der Waals surface area contributed by atoms with Crippen molar-refractivity contribution >= 4 is 33.2 Å². The fourth-order valence-corrected chi connectivity index (χ4v) is 2.62. The molecule has 0 spiro atoms. The highest BCUT2D eigenvalue weighted by Crippen LogP contribution is 2.30. The summed E-state index contributed by atoms with van der Waals surface area (Å²) in [5.74, 6) is 0. The largest absolute Gasteiger partial charge is 0.245 e. The van der Waals surface area contributed by atoms with Crippen molar-refractivity contribution in [3.05, 3.63) is 53.0 Å². The first-order valence-corrected chi connectivity index (χ1v) is 6.18. The highest BCUT2D eigenvalue weighted by atomic mass is 35.5. The molecule has 3 heteroatoms. The van der Waals surface area contributed by atoms with Crippen molar-refractivity contribution < 1.29 is 0 Å². The van der Waals surface area contributed by atoms with E-state index in [-0.39, 0.29) is 0 Å². The van der Waals surface area contributed by atoms with Crippen molar-refractivity contribution in [1.82, 2.24) is 4.98 Å². The first-order valence-electron chi connectivity index (χ1n) is 4.93. The Morgan fingerprint density at radius 1 is 1.06 bits per heavy atom. The highest BCUT2D eigenvalue weighted by Gasteiger charge is 2.04. The van der Waals surface area contributed by atoms with Gasteiger partial charge in [-0.15, -0.1) is 11.3 Å². The summed E-state index contributed by atoms with van der Waals surface area (Å²) in [7, 11) is 0. The molecule has 1 heterocycles. The van der Waals surface area contributed by atoms with E-state index in [1.807, 2.05) is 29.8 Å². The predicted octanol–water partition coefficient (Wildman–Crippen LogP) is 4.62. The van der Waals surface area contributed by atoms with Crippen LogP contribution in [0.1, 0.15) is 0 Å². The van der Waals surface area contributed by atoms with E-state index in [4.69, 9.17) is 11.6 Å². The van der Waals surface area contributed by atoms with Gasteiger partial charge in [-0.1, -0.05) is 35.9 Å². The van der Waals surface area contributed by atoms with E-state index in [0.717, 1.165) is 21.7 Å². The van der Waals surface area contributed by atoms with E-state index in [2.05, 4.69) is 23.2 Å². The molecule has 0 N–H and O–H groups in total. The topological polar surface area (TPSA) is 12.9 Å². The van der Waals surface area contributed by atoms with E-state index < -0.39 is 0 Å². The van der Waals surface area contributed by atoms with E-state index in [1.165, 1.54) is 4.70 Å². The lowest BCUT2D eigenvalue weighted by molar-refractivity contribution is 1.50. The average Bonchev–Trinajstić information content (AvgIpc) is 2.76. The average molecular weight is 246 g/mol. The molecule has 0 aliphatic rings. The smallest absolute Gasteiger partial charge is 0.0818 e. The molecule has 0 aliphatic heterocycles. The third kappa shape index (κ3) is 1.60. The van der Waals surface area contributed by atoms with E-state index >= 15 is 0 Å². The summed E-state index contributed by atoms with van der Waals surface area (Å²) in [6.07, 6.45) is 0. The molecular weight excluding hydrogens is 238 g/mol. The molecule has 3 aromatic rings. The second-order valence-electron chi connectivity index (χ2n) is 3.51. The Kier molecular flexibility index (Phi) is 2.39. The molecule has 0 saturated carbocycles. The van der Waals surface area contributed by atoms with Gasteiger partial charge in [-0.05, 0) is 23.8 Å². The van der Waals surface area contributed by atoms with Crippen LogP contribution < -0.4 is 0 Å². The van der Waals surface area contributed by atoms with Gasteiger partial charge >= 0.3 is 0 Å². The number of aromatic nitrogens is 1. The van der Waals surface area contributed by atoms with Crippen LogP contribution in [-0.2, 0) is 0 Å². The highest BCUT2D eigenvalue weighted by molar-refractivity contribution is 7.16. The molecule has 3 rings (SSSR count). The maximum Gasteiger partial charge on any atom is 0.0818 e. The van der Waals surface area contributed by atoms with E-state index in [9.17, 15) is 0 Å². The Hall–Kier alpha value is -1.38. The summed E-state index contributed by atoms with van der Waals surface area (Å²) in [6, 6.07) is 14.1. The summed E-state index contributed by atoms with van der Waals surface area (Å²) in [5.41, 5.74) is 5.06. The van der Waals surface area contributed by atoms with Crippen molar-refractivity contribution in [2.75, 3.05) is 0 Å². The van der Waals surface area contributed by atoms with Gasteiger partial charge in [0, 0.05) is 10.6 Å². The quantitative estimate of drug-likeness (QED) is 0.610. The predicted molar refractivity (Wildman–Crippen MR) is 70.1 cm³/mol. The second-order valence-corrected chi connectivity index (χ2v) is 4.81. The summed E-state index contributed by atoms with van der Waals surface area (Å²) in [6.45, 7) is 0. The van der Waals surface area contributed by atoms with Crippen LogP contribution in [0.5, 0.6) is 0 Å². The van der Waals surface area contributed by atoms with Crippen LogP contribution in [-0.4, -0.2) is 4.98 Å². The van der Waals surface area contributed by atoms with Crippen LogP contribution in [0.4, 0.5) is 0 Å². The Balaban J connectivity index is 2.22. The number of hydrogen-bond donors (Lipinski definition) is 0.